The molecule has 0 amide bonds. The molecule has 142 valence electrons. The zero-order chi connectivity index (χ0) is 19.8. The summed E-state index contributed by atoms with van der Waals surface area (Å²) >= 11 is 0. The van der Waals surface area contributed by atoms with E-state index in [0.29, 0.717) is 5.56 Å². The lowest BCUT2D eigenvalue weighted by molar-refractivity contribution is -0.248. The van der Waals surface area contributed by atoms with Crippen molar-refractivity contribution in [2.45, 2.75) is 43.7 Å². The van der Waals surface area contributed by atoms with E-state index in [4.69, 9.17) is 0 Å². The predicted molar refractivity (Wildman–Crippen MR) is 75.0 cm³/mol. The third-order valence-electron chi connectivity index (χ3n) is 3.15. The van der Waals surface area contributed by atoms with Gasteiger partial charge in [0, 0.05) is 0 Å². The number of halogens is 5. The van der Waals surface area contributed by atoms with Crippen molar-refractivity contribution in [1.29, 1.82) is 0 Å². The van der Waals surface area contributed by atoms with E-state index >= 15 is 0 Å². The Morgan fingerprint density at radius 2 is 1.48 bits per heavy atom. The SMILES string of the molecule is CC(C)(C)c1ccc(C(=O)OC(C(F)(F)F)C(F)(F)S(=O)(=O)[O-])cc1. The van der Waals surface area contributed by atoms with Crippen LogP contribution in [-0.4, -0.2) is 36.5 Å². The van der Waals surface area contributed by atoms with Crippen molar-refractivity contribution in [2.75, 3.05) is 0 Å². The Balaban J connectivity index is 3.16. The summed E-state index contributed by atoms with van der Waals surface area (Å²) in [7, 11) is -6.72. The molecule has 1 atom stereocenters. The molecule has 0 aromatic heterocycles. The summed E-state index contributed by atoms with van der Waals surface area (Å²) in [5.41, 5.74) is -0.161. The summed E-state index contributed by atoms with van der Waals surface area (Å²) < 4.78 is 99.5. The number of carbonyl (C=O) groups excluding carboxylic acids is 1. The summed E-state index contributed by atoms with van der Waals surface area (Å²) in [5, 5.41) is -5.87. The fourth-order valence-electron chi connectivity index (χ4n) is 1.74. The highest BCUT2D eigenvalue weighted by Gasteiger charge is 2.63. The largest absolute Gasteiger partial charge is 0.743 e. The average Bonchev–Trinajstić information content (AvgIpc) is 2.41. The smallest absolute Gasteiger partial charge is 0.432 e. The van der Waals surface area contributed by atoms with Crippen LogP contribution in [0.1, 0.15) is 36.7 Å². The van der Waals surface area contributed by atoms with E-state index in [1.54, 1.807) is 0 Å². The number of ether oxygens (including phenoxy) is 1. The summed E-state index contributed by atoms with van der Waals surface area (Å²) in [6.45, 7) is 5.46. The number of esters is 1. The summed E-state index contributed by atoms with van der Waals surface area (Å²) in [4.78, 5) is 11.7. The predicted octanol–water partition coefficient (Wildman–Crippen LogP) is 3.21. The molecule has 0 heterocycles. The number of alkyl halides is 5. The van der Waals surface area contributed by atoms with Crippen molar-refractivity contribution >= 4 is 16.1 Å². The molecule has 0 aliphatic carbocycles. The van der Waals surface area contributed by atoms with E-state index in [1.807, 2.05) is 20.8 Å². The molecule has 0 bridgehead atoms. The molecule has 0 N–H and O–H groups in total. The van der Waals surface area contributed by atoms with Crippen molar-refractivity contribution in [3.05, 3.63) is 35.4 Å². The maximum Gasteiger partial charge on any atom is 0.432 e. The number of hydrogen-bond acceptors (Lipinski definition) is 5. The van der Waals surface area contributed by atoms with Crippen molar-refractivity contribution in [2.24, 2.45) is 0 Å². The highest BCUT2D eigenvalue weighted by atomic mass is 32.2. The molecule has 0 saturated heterocycles. The molecule has 1 aromatic rings. The third-order valence-corrected chi connectivity index (χ3v) is 4.03. The van der Waals surface area contributed by atoms with E-state index in [2.05, 4.69) is 4.74 Å². The van der Waals surface area contributed by atoms with Crippen LogP contribution in [0.25, 0.3) is 0 Å². The lowest BCUT2D eigenvalue weighted by Gasteiger charge is -2.29. The third kappa shape index (κ3) is 4.88. The van der Waals surface area contributed by atoms with Crippen LogP contribution < -0.4 is 0 Å². The molecule has 25 heavy (non-hydrogen) atoms. The maximum atomic E-state index is 13.3. The molecule has 0 spiro atoms. The van der Waals surface area contributed by atoms with Gasteiger partial charge in [0.2, 0.25) is 0 Å². The van der Waals surface area contributed by atoms with Gasteiger partial charge >= 0.3 is 17.4 Å². The highest BCUT2D eigenvalue weighted by Crippen LogP contribution is 2.38. The van der Waals surface area contributed by atoms with Crippen LogP contribution in [-0.2, 0) is 20.3 Å². The van der Waals surface area contributed by atoms with Gasteiger partial charge in [0.05, 0.1) is 5.56 Å². The molecule has 11 heteroatoms. The van der Waals surface area contributed by atoms with E-state index in [-0.39, 0.29) is 5.41 Å². The Kier molecular flexibility index (Phi) is 5.55. The Hall–Kier alpha value is -1.75. The second-order valence-electron chi connectivity index (χ2n) is 6.17. The molecule has 0 aliphatic rings. The molecule has 0 radical (unpaired) electrons. The first-order chi connectivity index (χ1) is 11.0. The standard InChI is InChI=1S/C14H15F5O5S/c1-12(2,3)9-6-4-8(5-7-9)10(20)24-11(13(15,16)17)14(18,19)25(21,22)23/h4-7,11H,1-3H3,(H,21,22,23)/p-1. The van der Waals surface area contributed by atoms with Crippen molar-refractivity contribution < 1.29 is 44.5 Å². The Labute approximate surface area is 140 Å². The van der Waals surface area contributed by atoms with Gasteiger partial charge in [-0.3, -0.25) is 0 Å². The van der Waals surface area contributed by atoms with Gasteiger partial charge in [0.25, 0.3) is 6.10 Å². The Bertz CT molecular complexity index is 732. The minimum Gasteiger partial charge on any atom is -0.743 e. The molecular weight excluding hydrogens is 375 g/mol. The number of benzene rings is 1. The van der Waals surface area contributed by atoms with E-state index < -0.39 is 39.2 Å². The topological polar surface area (TPSA) is 83.5 Å². The van der Waals surface area contributed by atoms with Gasteiger partial charge in [0.15, 0.2) is 10.1 Å². The van der Waals surface area contributed by atoms with Gasteiger partial charge < -0.3 is 9.29 Å². The number of hydrogen-bond donors (Lipinski definition) is 0. The van der Waals surface area contributed by atoms with Gasteiger partial charge in [-0.15, -0.1) is 0 Å². The number of carbonyl (C=O) groups is 1. The minimum absolute atomic E-state index is 0.347. The van der Waals surface area contributed by atoms with Crippen LogP contribution in [0.5, 0.6) is 0 Å². The lowest BCUT2D eigenvalue weighted by Crippen LogP contribution is -2.52. The van der Waals surface area contributed by atoms with Crippen LogP contribution in [0.4, 0.5) is 22.0 Å². The van der Waals surface area contributed by atoms with Crippen LogP contribution in [0.3, 0.4) is 0 Å². The van der Waals surface area contributed by atoms with E-state index in [1.165, 1.54) is 12.1 Å². The van der Waals surface area contributed by atoms with Gasteiger partial charge in [-0.25, -0.2) is 13.2 Å². The zero-order valence-electron chi connectivity index (χ0n) is 13.2. The lowest BCUT2D eigenvalue weighted by atomic mass is 9.87. The Morgan fingerprint density at radius 3 is 1.80 bits per heavy atom. The average molecular weight is 389 g/mol. The first-order valence-electron chi connectivity index (χ1n) is 6.69. The Morgan fingerprint density at radius 1 is 1.04 bits per heavy atom. The maximum absolute atomic E-state index is 13.3. The second kappa shape index (κ2) is 6.52. The summed E-state index contributed by atoms with van der Waals surface area (Å²) in [6, 6.07) is 4.84. The van der Waals surface area contributed by atoms with E-state index in [9.17, 15) is 39.7 Å². The molecule has 5 nitrogen and oxygen atoms in total. The highest BCUT2D eigenvalue weighted by molar-refractivity contribution is 7.86. The van der Waals surface area contributed by atoms with Crippen molar-refractivity contribution in [1.82, 2.24) is 0 Å². The molecule has 0 aliphatic heterocycles. The first-order valence-corrected chi connectivity index (χ1v) is 8.10. The molecule has 1 aromatic carbocycles. The van der Waals surface area contributed by atoms with Crippen LogP contribution in [0.15, 0.2) is 24.3 Å². The summed E-state index contributed by atoms with van der Waals surface area (Å²) in [5.74, 6) is -1.84. The quantitative estimate of drug-likeness (QED) is 0.449. The summed E-state index contributed by atoms with van der Waals surface area (Å²) in [6.07, 6.45) is -10.4. The van der Waals surface area contributed by atoms with Crippen LogP contribution >= 0.6 is 0 Å². The van der Waals surface area contributed by atoms with Crippen LogP contribution in [0, 0.1) is 0 Å². The fourth-order valence-corrected chi connectivity index (χ4v) is 2.18. The van der Waals surface area contributed by atoms with Gasteiger partial charge in [0.1, 0.15) is 0 Å². The zero-order valence-corrected chi connectivity index (χ0v) is 14.0. The van der Waals surface area contributed by atoms with Gasteiger partial charge in [-0.05, 0) is 23.1 Å². The monoisotopic (exact) mass is 389 g/mol. The van der Waals surface area contributed by atoms with Crippen molar-refractivity contribution in [3.63, 3.8) is 0 Å². The minimum atomic E-state index is -6.72. The second-order valence-corrected chi connectivity index (χ2v) is 7.62. The molecule has 0 fully saturated rings. The molecule has 0 saturated carbocycles. The van der Waals surface area contributed by atoms with Crippen LogP contribution in [0.2, 0.25) is 0 Å². The molecular formula is C14H14F5O5S-. The first kappa shape index (κ1) is 21.3. The molecule has 1 unspecified atom stereocenters. The van der Waals surface area contributed by atoms with Gasteiger partial charge in [-0.1, -0.05) is 32.9 Å². The normalized spacial score (nSPS) is 14.9. The number of rotatable bonds is 4. The van der Waals surface area contributed by atoms with Crippen molar-refractivity contribution in [3.8, 4) is 0 Å². The van der Waals surface area contributed by atoms with Gasteiger partial charge in [-0.2, -0.15) is 22.0 Å². The van der Waals surface area contributed by atoms with E-state index in [0.717, 1.165) is 12.1 Å². The fraction of sp³-hybridized carbons (Fsp3) is 0.500. The molecule has 1 rings (SSSR count).